The first-order valence-corrected chi connectivity index (χ1v) is 11.1. The maximum absolute atomic E-state index is 13.6. The molecule has 0 fully saturated rings. The number of hydrogen-bond acceptors (Lipinski definition) is 6. The molecule has 35 heavy (non-hydrogen) atoms. The number of hydrogen-bond donors (Lipinski definition) is 4. The molecule has 5 N–H and O–H groups in total. The summed E-state index contributed by atoms with van der Waals surface area (Å²) in [4.78, 5) is 51.5. The van der Waals surface area contributed by atoms with E-state index < -0.39 is 47.0 Å². The van der Waals surface area contributed by atoms with Gasteiger partial charge in [0.1, 0.15) is 17.4 Å². The van der Waals surface area contributed by atoms with Crippen molar-refractivity contribution < 1.29 is 29.0 Å². The van der Waals surface area contributed by atoms with Gasteiger partial charge in [-0.1, -0.05) is 24.6 Å². The Morgan fingerprint density at radius 1 is 1.17 bits per heavy atom. The molecule has 4 amide bonds. The minimum Gasteiger partial charge on any atom is -0.507 e. The van der Waals surface area contributed by atoms with Crippen LogP contribution in [0.3, 0.4) is 0 Å². The number of carbonyl (C=O) groups is 4. The van der Waals surface area contributed by atoms with Crippen molar-refractivity contribution in [3.8, 4) is 18.2 Å². The van der Waals surface area contributed by atoms with Crippen LogP contribution in [0.25, 0.3) is 0 Å². The average molecular weight is 489 g/mol. The van der Waals surface area contributed by atoms with Crippen LogP contribution < -0.4 is 16.4 Å². The summed E-state index contributed by atoms with van der Waals surface area (Å²) in [6.45, 7) is 11.8. The average Bonchev–Trinajstić information content (AvgIpc) is 2.68. The lowest BCUT2D eigenvalue weighted by Gasteiger charge is -2.32. The zero-order chi connectivity index (χ0) is 27.1. The number of para-hydroxylation sites is 1. The number of alkyl carbamates (subject to hydrolysis) is 1. The lowest BCUT2D eigenvalue weighted by Crippen LogP contribution is -2.53. The Bertz CT molecular complexity index is 1000. The molecule has 2 atom stereocenters. The summed E-state index contributed by atoms with van der Waals surface area (Å²) in [6, 6.07) is 4.18. The number of nitrogens with two attached hydrogens (primary N) is 1. The number of carbonyl (C=O) groups excluding carboxylic acids is 4. The van der Waals surface area contributed by atoms with E-state index in [4.69, 9.17) is 16.9 Å². The summed E-state index contributed by atoms with van der Waals surface area (Å²) in [6.07, 6.45) is 4.36. The molecular weight excluding hydrogens is 452 g/mol. The largest absolute Gasteiger partial charge is 0.507 e. The SMILES string of the molecule is C#CN(C(=O)C(CCC(N)=O)NC(=O)OC(C)(C)C)C(C(=O)NC(C)(C)C)c1cccc(C)c1O. The van der Waals surface area contributed by atoms with Gasteiger partial charge in [0.15, 0.2) is 6.04 Å². The first-order chi connectivity index (χ1) is 16.0. The Labute approximate surface area is 206 Å². The van der Waals surface area contributed by atoms with Gasteiger partial charge in [0.05, 0.1) is 0 Å². The quantitative estimate of drug-likeness (QED) is 0.325. The van der Waals surface area contributed by atoms with Crippen LogP contribution in [0.4, 0.5) is 4.79 Å². The lowest BCUT2D eigenvalue weighted by atomic mass is 9.98. The first kappa shape index (κ1) is 29.3. The molecule has 0 aliphatic carbocycles. The van der Waals surface area contributed by atoms with Gasteiger partial charge in [-0.15, -0.1) is 0 Å². The molecule has 0 aromatic heterocycles. The van der Waals surface area contributed by atoms with Crippen LogP contribution in [-0.4, -0.2) is 51.0 Å². The third kappa shape index (κ3) is 9.20. The van der Waals surface area contributed by atoms with Crippen molar-refractivity contribution in [2.45, 2.75) is 84.5 Å². The molecule has 0 heterocycles. The molecule has 0 radical (unpaired) electrons. The number of nitrogens with zero attached hydrogens (tertiary/aromatic N) is 1. The molecule has 0 saturated heterocycles. The lowest BCUT2D eigenvalue weighted by molar-refractivity contribution is -0.139. The van der Waals surface area contributed by atoms with E-state index in [9.17, 15) is 24.3 Å². The Hall–Kier alpha value is -3.74. The fourth-order valence-corrected chi connectivity index (χ4v) is 3.16. The van der Waals surface area contributed by atoms with E-state index in [1.807, 2.05) is 0 Å². The van der Waals surface area contributed by atoms with Gasteiger partial charge in [-0.25, -0.2) is 4.79 Å². The summed E-state index contributed by atoms with van der Waals surface area (Å²) in [5, 5.41) is 15.9. The van der Waals surface area contributed by atoms with Gasteiger partial charge in [-0.3, -0.25) is 19.3 Å². The van der Waals surface area contributed by atoms with Gasteiger partial charge in [0, 0.05) is 23.6 Å². The van der Waals surface area contributed by atoms with Crippen LogP contribution in [0.15, 0.2) is 18.2 Å². The van der Waals surface area contributed by atoms with E-state index >= 15 is 0 Å². The fraction of sp³-hybridized carbons (Fsp3) is 0.520. The van der Waals surface area contributed by atoms with Crippen molar-refractivity contribution in [1.82, 2.24) is 15.5 Å². The molecule has 0 aliphatic heterocycles. The third-order valence-corrected chi connectivity index (χ3v) is 4.61. The number of primary amides is 1. The Balaban J connectivity index is 3.50. The molecule has 0 aliphatic rings. The van der Waals surface area contributed by atoms with E-state index in [-0.39, 0.29) is 24.2 Å². The number of amides is 4. The van der Waals surface area contributed by atoms with Crippen LogP contribution in [-0.2, 0) is 19.1 Å². The summed E-state index contributed by atoms with van der Waals surface area (Å²) < 4.78 is 5.22. The molecule has 1 aromatic carbocycles. The van der Waals surface area contributed by atoms with Crippen molar-refractivity contribution in [2.75, 3.05) is 0 Å². The summed E-state index contributed by atoms with van der Waals surface area (Å²) in [5.41, 5.74) is 4.28. The molecule has 1 rings (SSSR count). The van der Waals surface area contributed by atoms with Crippen molar-refractivity contribution in [1.29, 1.82) is 0 Å². The van der Waals surface area contributed by atoms with Gasteiger partial charge in [-0.05, 0) is 60.5 Å². The minimum absolute atomic E-state index is 0.101. The van der Waals surface area contributed by atoms with Gasteiger partial charge in [-0.2, -0.15) is 0 Å². The van der Waals surface area contributed by atoms with Crippen LogP contribution in [0.5, 0.6) is 5.75 Å². The van der Waals surface area contributed by atoms with Crippen molar-refractivity contribution in [2.24, 2.45) is 5.73 Å². The Kier molecular flexibility index (Phi) is 9.71. The van der Waals surface area contributed by atoms with Gasteiger partial charge >= 0.3 is 6.09 Å². The Morgan fingerprint density at radius 3 is 2.26 bits per heavy atom. The number of benzene rings is 1. The number of phenols is 1. The molecule has 0 saturated carbocycles. The summed E-state index contributed by atoms with van der Waals surface area (Å²) in [5.74, 6) is -2.40. The number of rotatable bonds is 8. The highest BCUT2D eigenvalue weighted by Crippen LogP contribution is 2.32. The molecule has 10 nitrogen and oxygen atoms in total. The van der Waals surface area contributed by atoms with E-state index in [0.29, 0.717) is 5.56 Å². The minimum atomic E-state index is -1.43. The highest BCUT2D eigenvalue weighted by molar-refractivity contribution is 5.94. The third-order valence-electron chi connectivity index (χ3n) is 4.61. The second kappa shape index (κ2) is 11.6. The predicted octanol–water partition coefficient (Wildman–Crippen LogP) is 2.23. The maximum Gasteiger partial charge on any atom is 0.408 e. The molecule has 2 unspecified atom stereocenters. The van der Waals surface area contributed by atoms with E-state index in [1.165, 1.54) is 6.07 Å². The number of nitrogens with one attached hydrogen (secondary N) is 2. The molecule has 0 spiro atoms. The van der Waals surface area contributed by atoms with E-state index in [2.05, 4.69) is 16.7 Å². The molecule has 0 bridgehead atoms. The van der Waals surface area contributed by atoms with Crippen molar-refractivity contribution >= 4 is 23.8 Å². The van der Waals surface area contributed by atoms with Crippen LogP contribution >= 0.6 is 0 Å². The standard InChI is InChI=1S/C25H36N4O6/c1-9-29(22(33)17(13-14-18(26)30)27-23(34)35-25(6,7)8)19(21(32)28-24(3,4)5)16-12-10-11-15(2)20(16)31/h1,10-12,17,19,31H,13-14H2,2-8H3,(H2,26,30)(H,27,34)(H,28,32). The zero-order valence-corrected chi connectivity index (χ0v) is 21.4. The monoisotopic (exact) mass is 488 g/mol. The highest BCUT2D eigenvalue weighted by Gasteiger charge is 2.38. The molecule has 10 heteroatoms. The van der Waals surface area contributed by atoms with Gasteiger partial charge in [0.2, 0.25) is 11.8 Å². The number of aromatic hydroxyl groups is 1. The van der Waals surface area contributed by atoms with E-state index in [1.54, 1.807) is 60.6 Å². The van der Waals surface area contributed by atoms with Crippen molar-refractivity contribution in [3.63, 3.8) is 0 Å². The highest BCUT2D eigenvalue weighted by atomic mass is 16.6. The summed E-state index contributed by atoms with van der Waals surface area (Å²) >= 11 is 0. The van der Waals surface area contributed by atoms with Gasteiger partial charge < -0.3 is 26.2 Å². The maximum atomic E-state index is 13.6. The molecule has 1 aromatic rings. The second-order valence-electron chi connectivity index (χ2n) is 10.2. The smallest absolute Gasteiger partial charge is 0.408 e. The topological polar surface area (TPSA) is 151 Å². The zero-order valence-electron chi connectivity index (χ0n) is 21.4. The fourth-order valence-electron chi connectivity index (χ4n) is 3.16. The van der Waals surface area contributed by atoms with Crippen LogP contribution in [0, 0.1) is 19.4 Å². The summed E-state index contributed by atoms with van der Waals surface area (Å²) in [7, 11) is 0. The van der Waals surface area contributed by atoms with E-state index in [0.717, 1.165) is 4.90 Å². The molecular formula is C25H36N4O6. The number of phenolic OH excluding ortho intramolecular Hbond substituents is 1. The van der Waals surface area contributed by atoms with Crippen LogP contribution in [0.1, 0.15) is 71.6 Å². The molecule has 192 valence electrons. The predicted molar refractivity (Wildman–Crippen MR) is 131 cm³/mol. The Morgan fingerprint density at radius 2 is 1.77 bits per heavy atom. The second-order valence-corrected chi connectivity index (χ2v) is 10.2. The number of aryl methyl sites for hydroxylation is 1. The first-order valence-electron chi connectivity index (χ1n) is 11.1. The number of ether oxygens (including phenoxy) is 1. The van der Waals surface area contributed by atoms with Crippen LogP contribution in [0.2, 0.25) is 0 Å². The van der Waals surface area contributed by atoms with Crippen molar-refractivity contribution in [3.05, 3.63) is 29.3 Å². The van der Waals surface area contributed by atoms with Gasteiger partial charge in [0.25, 0.3) is 5.91 Å². The normalized spacial score (nSPS) is 13.1. The number of terminal acetylenes is 1.